The highest BCUT2D eigenvalue weighted by Crippen LogP contribution is 2.18. The normalized spacial score (nSPS) is 20.6. The number of nitrogens with zero attached hydrogens (tertiary/aromatic N) is 1. The van der Waals surface area contributed by atoms with Gasteiger partial charge < -0.3 is 15.3 Å². The largest absolute Gasteiger partial charge is 0.396 e. The summed E-state index contributed by atoms with van der Waals surface area (Å²) in [5.41, 5.74) is 0. The van der Waals surface area contributed by atoms with E-state index in [0.717, 1.165) is 25.7 Å². The Labute approximate surface area is 121 Å². The number of rotatable bonds is 7. The summed E-state index contributed by atoms with van der Waals surface area (Å²) in [6, 6.07) is -0.303. The standard InChI is InChI=1S/C15H28N2O3/c1-3-12(8-10-18)11-16-15(20)13-7-5-6-9-17(13)14(19)4-2/h12-13,18H,3-11H2,1-2H3,(H,16,20). The Morgan fingerprint density at radius 2 is 2.10 bits per heavy atom. The molecular formula is C15H28N2O3. The van der Waals surface area contributed by atoms with Crippen LogP contribution in [0.3, 0.4) is 0 Å². The van der Waals surface area contributed by atoms with Crippen molar-refractivity contribution in [3.8, 4) is 0 Å². The Bertz CT molecular complexity index is 320. The number of hydrogen-bond acceptors (Lipinski definition) is 3. The molecule has 0 aromatic carbocycles. The van der Waals surface area contributed by atoms with Crippen molar-refractivity contribution in [2.24, 2.45) is 5.92 Å². The van der Waals surface area contributed by atoms with Crippen molar-refractivity contribution in [3.63, 3.8) is 0 Å². The average Bonchev–Trinajstić information content (AvgIpc) is 2.50. The zero-order valence-electron chi connectivity index (χ0n) is 12.7. The summed E-state index contributed by atoms with van der Waals surface area (Å²) in [5, 5.41) is 11.9. The van der Waals surface area contributed by atoms with Crippen molar-refractivity contribution < 1.29 is 14.7 Å². The number of piperidine rings is 1. The maximum Gasteiger partial charge on any atom is 0.242 e. The minimum absolute atomic E-state index is 0.0390. The van der Waals surface area contributed by atoms with Gasteiger partial charge in [0.2, 0.25) is 11.8 Å². The lowest BCUT2D eigenvalue weighted by atomic mass is 9.99. The van der Waals surface area contributed by atoms with Crippen LogP contribution in [-0.4, -0.2) is 47.6 Å². The lowest BCUT2D eigenvalue weighted by Crippen LogP contribution is -2.52. The molecule has 1 aliphatic rings. The first-order valence-electron chi connectivity index (χ1n) is 7.82. The van der Waals surface area contributed by atoms with Gasteiger partial charge in [-0.1, -0.05) is 20.3 Å². The SMILES string of the molecule is CCC(=O)N1CCCCC1C(=O)NCC(CC)CCO. The van der Waals surface area contributed by atoms with Crippen LogP contribution < -0.4 is 5.32 Å². The predicted molar refractivity (Wildman–Crippen MR) is 78.1 cm³/mol. The molecule has 5 heteroatoms. The molecule has 5 nitrogen and oxygen atoms in total. The van der Waals surface area contributed by atoms with Gasteiger partial charge in [-0.05, 0) is 31.6 Å². The van der Waals surface area contributed by atoms with Crippen LogP contribution in [0.1, 0.15) is 52.4 Å². The van der Waals surface area contributed by atoms with Gasteiger partial charge in [-0.15, -0.1) is 0 Å². The number of carbonyl (C=O) groups is 2. The quantitative estimate of drug-likeness (QED) is 0.740. The Hall–Kier alpha value is -1.10. The van der Waals surface area contributed by atoms with Crippen molar-refractivity contribution in [2.75, 3.05) is 19.7 Å². The average molecular weight is 284 g/mol. The number of hydrogen-bond donors (Lipinski definition) is 2. The second kappa shape index (κ2) is 8.95. The van der Waals surface area contributed by atoms with Crippen molar-refractivity contribution in [3.05, 3.63) is 0 Å². The van der Waals surface area contributed by atoms with Crippen LogP contribution in [0, 0.1) is 5.92 Å². The Morgan fingerprint density at radius 3 is 2.70 bits per heavy atom. The smallest absolute Gasteiger partial charge is 0.242 e. The molecule has 0 spiro atoms. The molecule has 2 amide bonds. The van der Waals surface area contributed by atoms with Crippen molar-refractivity contribution in [1.82, 2.24) is 10.2 Å². The summed E-state index contributed by atoms with van der Waals surface area (Å²) >= 11 is 0. The van der Waals surface area contributed by atoms with Crippen molar-refractivity contribution >= 4 is 11.8 Å². The van der Waals surface area contributed by atoms with E-state index in [-0.39, 0.29) is 24.5 Å². The van der Waals surface area contributed by atoms with Gasteiger partial charge in [0.25, 0.3) is 0 Å². The Morgan fingerprint density at radius 1 is 1.35 bits per heavy atom. The lowest BCUT2D eigenvalue weighted by molar-refractivity contribution is -0.142. The zero-order chi connectivity index (χ0) is 15.0. The summed E-state index contributed by atoms with van der Waals surface area (Å²) < 4.78 is 0. The van der Waals surface area contributed by atoms with E-state index in [4.69, 9.17) is 5.11 Å². The molecule has 1 fully saturated rings. The maximum atomic E-state index is 12.3. The second-order valence-electron chi connectivity index (χ2n) is 5.48. The van der Waals surface area contributed by atoms with E-state index in [1.54, 1.807) is 4.90 Å². The van der Waals surface area contributed by atoms with E-state index in [2.05, 4.69) is 12.2 Å². The number of carbonyl (C=O) groups excluding carboxylic acids is 2. The zero-order valence-corrected chi connectivity index (χ0v) is 12.7. The minimum atomic E-state index is -0.303. The molecular weight excluding hydrogens is 256 g/mol. The number of aliphatic hydroxyl groups excluding tert-OH is 1. The fraction of sp³-hybridized carbons (Fsp3) is 0.867. The van der Waals surface area contributed by atoms with Crippen molar-refractivity contribution in [2.45, 2.75) is 58.4 Å². The summed E-state index contributed by atoms with van der Waals surface area (Å²) in [6.45, 7) is 5.32. The second-order valence-corrected chi connectivity index (χ2v) is 5.48. The van der Waals surface area contributed by atoms with E-state index >= 15 is 0 Å². The number of amides is 2. The first-order valence-corrected chi connectivity index (χ1v) is 7.82. The summed E-state index contributed by atoms with van der Waals surface area (Å²) in [4.78, 5) is 25.9. The molecule has 20 heavy (non-hydrogen) atoms. The van der Waals surface area contributed by atoms with Gasteiger partial charge >= 0.3 is 0 Å². The van der Waals surface area contributed by atoms with Crippen LogP contribution >= 0.6 is 0 Å². The van der Waals surface area contributed by atoms with Crippen LogP contribution in [0.4, 0.5) is 0 Å². The molecule has 0 aliphatic carbocycles. The van der Waals surface area contributed by atoms with Gasteiger partial charge in [-0.3, -0.25) is 9.59 Å². The molecule has 1 rings (SSSR count). The minimum Gasteiger partial charge on any atom is -0.396 e. The van der Waals surface area contributed by atoms with Gasteiger partial charge in [-0.25, -0.2) is 0 Å². The third kappa shape index (κ3) is 4.78. The molecule has 0 aromatic heterocycles. The van der Waals surface area contributed by atoms with E-state index in [1.165, 1.54) is 0 Å². The highest BCUT2D eigenvalue weighted by Gasteiger charge is 2.31. The number of aliphatic hydroxyl groups is 1. The highest BCUT2D eigenvalue weighted by molar-refractivity contribution is 5.87. The number of nitrogens with one attached hydrogen (secondary N) is 1. The third-order valence-corrected chi connectivity index (χ3v) is 4.11. The van der Waals surface area contributed by atoms with E-state index < -0.39 is 0 Å². The molecule has 1 aliphatic heterocycles. The van der Waals surface area contributed by atoms with Gasteiger partial charge in [0, 0.05) is 26.1 Å². The molecule has 2 N–H and O–H groups in total. The highest BCUT2D eigenvalue weighted by atomic mass is 16.3. The molecule has 2 atom stereocenters. The van der Waals surface area contributed by atoms with Crippen LogP contribution in [-0.2, 0) is 9.59 Å². The molecule has 1 saturated heterocycles. The van der Waals surface area contributed by atoms with E-state index in [0.29, 0.717) is 31.8 Å². The monoisotopic (exact) mass is 284 g/mol. The van der Waals surface area contributed by atoms with Gasteiger partial charge in [0.05, 0.1) is 0 Å². The maximum absolute atomic E-state index is 12.3. The van der Waals surface area contributed by atoms with E-state index in [9.17, 15) is 9.59 Å². The van der Waals surface area contributed by atoms with Crippen LogP contribution in [0.15, 0.2) is 0 Å². The first-order chi connectivity index (χ1) is 9.63. The fourth-order valence-corrected chi connectivity index (χ4v) is 2.70. The Balaban J connectivity index is 2.52. The first kappa shape index (κ1) is 17.0. The molecule has 116 valence electrons. The summed E-state index contributed by atoms with van der Waals surface area (Å²) in [7, 11) is 0. The van der Waals surface area contributed by atoms with Gasteiger partial charge in [0.1, 0.15) is 6.04 Å². The summed E-state index contributed by atoms with van der Waals surface area (Å²) in [5.74, 6) is 0.331. The van der Waals surface area contributed by atoms with E-state index in [1.807, 2.05) is 6.92 Å². The molecule has 2 unspecified atom stereocenters. The van der Waals surface area contributed by atoms with Crippen LogP contribution in [0.25, 0.3) is 0 Å². The molecule has 0 bridgehead atoms. The number of likely N-dealkylation sites (tertiary alicyclic amines) is 1. The van der Waals surface area contributed by atoms with Crippen LogP contribution in [0.5, 0.6) is 0 Å². The Kier molecular flexibility index (Phi) is 7.59. The van der Waals surface area contributed by atoms with Crippen molar-refractivity contribution in [1.29, 1.82) is 0 Å². The van der Waals surface area contributed by atoms with Crippen LogP contribution in [0.2, 0.25) is 0 Å². The molecule has 0 saturated carbocycles. The molecule has 0 radical (unpaired) electrons. The predicted octanol–water partition coefficient (Wildman–Crippen LogP) is 1.30. The fourth-order valence-electron chi connectivity index (χ4n) is 2.70. The lowest BCUT2D eigenvalue weighted by Gasteiger charge is -2.34. The molecule has 0 aromatic rings. The third-order valence-electron chi connectivity index (χ3n) is 4.11. The summed E-state index contributed by atoms with van der Waals surface area (Å²) in [6.07, 6.45) is 4.83. The van der Waals surface area contributed by atoms with Gasteiger partial charge in [-0.2, -0.15) is 0 Å². The van der Waals surface area contributed by atoms with Gasteiger partial charge in [0.15, 0.2) is 0 Å². The topological polar surface area (TPSA) is 69.6 Å². The molecule has 1 heterocycles.